The summed E-state index contributed by atoms with van der Waals surface area (Å²) < 4.78 is 37.6. The molecule has 1 rings (SSSR count). The third-order valence-corrected chi connectivity index (χ3v) is 3.73. The van der Waals surface area contributed by atoms with Crippen LogP contribution in [-0.4, -0.2) is 6.54 Å². The smallest absolute Gasteiger partial charge is 0.384 e. The highest BCUT2D eigenvalue weighted by atomic mass is 35.5. The maximum absolute atomic E-state index is 12.5. The quantitative estimate of drug-likeness (QED) is 0.652. The SMILES string of the molecule is CCCCC(CC)CNc1ccc(C(F)(F)F)cc1Cl. The van der Waals surface area contributed by atoms with Crippen molar-refractivity contribution >= 4 is 17.3 Å². The molecule has 0 aliphatic heterocycles. The van der Waals surface area contributed by atoms with E-state index in [1.807, 2.05) is 0 Å². The molecule has 0 spiro atoms. The fraction of sp³-hybridized carbons (Fsp3) is 0.600. The summed E-state index contributed by atoms with van der Waals surface area (Å²) in [5.41, 5.74) is -0.152. The summed E-state index contributed by atoms with van der Waals surface area (Å²) in [7, 11) is 0. The van der Waals surface area contributed by atoms with Crippen LogP contribution in [0.2, 0.25) is 5.02 Å². The van der Waals surface area contributed by atoms with Crippen LogP contribution in [-0.2, 0) is 6.18 Å². The molecule has 0 heterocycles. The maximum Gasteiger partial charge on any atom is 0.416 e. The first-order valence-corrected chi connectivity index (χ1v) is 7.36. The van der Waals surface area contributed by atoms with E-state index in [0.717, 1.165) is 37.9 Å². The highest BCUT2D eigenvalue weighted by Gasteiger charge is 2.30. The van der Waals surface area contributed by atoms with E-state index < -0.39 is 11.7 Å². The molecule has 0 fully saturated rings. The van der Waals surface area contributed by atoms with Crippen LogP contribution in [0.4, 0.5) is 18.9 Å². The normalized spacial score (nSPS) is 13.3. The molecule has 1 N–H and O–H groups in total. The standard InChI is InChI=1S/C15H21ClF3N/c1-3-5-6-11(4-2)10-20-14-8-7-12(9-13(14)16)15(17,18)19/h7-9,11,20H,3-6,10H2,1-2H3. The number of nitrogens with one attached hydrogen (secondary N) is 1. The van der Waals surface area contributed by atoms with Gasteiger partial charge in [0, 0.05) is 6.54 Å². The lowest BCUT2D eigenvalue weighted by Gasteiger charge is -2.17. The Bertz CT molecular complexity index is 418. The van der Waals surface area contributed by atoms with E-state index >= 15 is 0 Å². The van der Waals surface area contributed by atoms with Gasteiger partial charge in [0.2, 0.25) is 0 Å². The molecular formula is C15H21ClF3N. The molecule has 0 radical (unpaired) electrons. The van der Waals surface area contributed by atoms with Crippen LogP contribution in [0.3, 0.4) is 0 Å². The van der Waals surface area contributed by atoms with Gasteiger partial charge in [-0.2, -0.15) is 13.2 Å². The van der Waals surface area contributed by atoms with Crippen LogP contribution in [0, 0.1) is 5.92 Å². The number of halogens is 4. The Hall–Kier alpha value is -0.900. The predicted molar refractivity (Wildman–Crippen MR) is 78.2 cm³/mol. The summed E-state index contributed by atoms with van der Waals surface area (Å²) in [6, 6.07) is 3.43. The van der Waals surface area contributed by atoms with Gasteiger partial charge in [0.1, 0.15) is 0 Å². The molecule has 1 aromatic rings. The van der Waals surface area contributed by atoms with Gasteiger partial charge in [-0.05, 0) is 30.5 Å². The molecule has 0 saturated carbocycles. The molecule has 0 aliphatic rings. The van der Waals surface area contributed by atoms with Crippen LogP contribution in [0.25, 0.3) is 0 Å². The number of rotatable bonds is 7. The Morgan fingerprint density at radius 3 is 2.45 bits per heavy atom. The van der Waals surface area contributed by atoms with Crippen molar-refractivity contribution in [2.24, 2.45) is 5.92 Å². The van der Waals surface area contributed by atoms with Crippen molar-refractivity contribution in [2.75, 3.05) is 11.9 Å². The van der Waals surface area contributed by atoms with Crippen molar-refractivity contribution in [3.8, 4) is 0 Å². The maximum atomic E-state index is 12.5. The molecule has 1 unspecified atom stereocenters. The average Bonchev–Trinajstić information content (AvgIpc) is 2.39. The summed E-state index contributed by atoms with van der Waals surface area (Å²) in [5, 5.41) is 3.27. The van der Waals surface area contributed by atoms with Crippen molar-refractivity contribution in [3.63, 3.8) is 0 Å². The van der Waals surface area contributed by atoms with Crippen LogP contribution in [0.15, 0.2) is 18.2 Å². The zero-order valence-electron chi connectivity index (χ0n) is 11.9. The minimum atomic E-state index is -4.35. The van der Waals surface area contributed by atoms with Gasteiger partial charge in [-0.15, -0.1) is 0 Å². The summed E-state index contributed by atoms with van der Waals surface area (Å²) >= 11 is 5.90. The lowest BCUT2D eigenvalue weighted by Crippen LogP contribution is -2.14. The minimum Gasteiger partial charge on any atom is -0.384 e. The highest BCUT2D eigenvalue weighted by Crippen LogP contribution is 2.33. The Morgan fingerprint density at radius 2 is 1.95 bits per heavy atom. The van der Waals surface area contributed by atoms with E-state index in [4.69, 9.17) is 11.6 Å². The molecule has 1 nitrogen and oxygen atoms in total. The number of hydrogen-bond acceptors (Lipinski definition) is 1. The van der Waals surface area contributed by atoms with Crippen molar-refractivity contribution < 1.29 is 13.2 Å². The Kier molecular flexibility index (Phi) is 6.66. The molecule has 1 aromatic carbocycles. The Balaban J connectivity index is 2.64. The Labute approximate surface area is 123 Å². The molecule has 0 aromatic heterocycles. The molecule has 0 amide bonds. The Morgan fingerprint density at radius 1 is 1.25 bits per heavy atom. The van der Waals surface area contributed by atoms with E-state index in [1.54, 1.807) is 0 Å². The van der Waals surface area contributed by atoms with Gasteiger partial charge in [-0.25, -0.2) is 0 Å². The lowest BCUT2D eigenvalue weighted by molar-refractivity contribution is -0.137. The molecule has 0 saturated heterocycles. The van der Waals surface area contributed by atoms with E-state index in [-0.39, 0.29) is 5.02 Å². The summed E-state index contributed by atoms with van der Waals surface area (Å²) in [6.07, 6.45) is 0.136. The third-order valence-electron chi connectivity index (χ3n) is 3.42. The fourth-order valence-corrected chi connectivity index (χ4v) is 2.28. The van der Waals surface area contributed by atoms with Gasteiger partial charge in [0.25, 0.3) is 0 Å². The van der Waals surface area contributed by atoms with Crippen LogP contribution in [0.5, 0.6) is 0 Å². The van der Waals surface area contributed by atoms with Crippen molar-refractivity contribution in [2.45, 2.75) is 45.7 Å². The molecule has 114 valence electrons. The second-order valence-corrected chi connectivity index (χ2v) is 5.40. The molecule has 5 heteroatoms. The minimum absolute atomic E-state index is 0.116. The van der Waals surface area contributed by atoms with E-state index in [0.29, 0.717) is 11.6 Å². The van der Waals surface area contributed by atoms with E-state index in [9.17, 15) is 13.2 Å². The monoisotopic (exact) mass is 307 g/mol. The van der Waals surface area contributed by atoms with E-state index in [1.165, 1.54) is 12.5 Å². The van der Waals surface area contributed by atoms with Gasteiger partial charge in [0.05, 0.1) is 16.3 Å². The number of hydrogen-bond donors (Lipinski definition) is 1. The van der Waals surface area contributed by atoms with Crippen LogP contribution >= 0.6 is 11.6 Å². The van der Waals surface area contributed by atoms with Gasteiger partial charge in [-0.1, -0.05) is 44.7 Å². The largest absolute Gasteiger partial charge is 0.416 e. The summed E-state index contributed by atoms with van der Waals surface area (Å²) in [5.74, 6) is 0.522. The highest BCUT2D eigenvalue weighted by molar-refractivity contribution is 6.33. The van der Waals surface area contributed by atoms with Crippen LogP contribution in [0.1, 0.15) is 45.1 Å². The van der Waals surface area contributed by atoms with Crippen molar-refractivity contribution in [3.05, 3.63) is 28.8 Å². The molecule has 0 bridgehead atoms. The first-order valence-electron chi connectivity index (χ1n) is 6.99. The summed E-state index contributed by atoms with van der Waals surface area (Å²) in [6.45, 7) is 5.00. The van der Waals surface area contributed by atoms with Gasteiger partial charge < -0.3 is 5.32 Å². The third kappa shape index (κ3) is 5.23. The number of alkyl halides is 3. The number of unbranched alkanes of at least 4 members (excludes halogenated alkanes) is 1. The number of anilines is 1. The zero-order chi connectivity index (χ0) is 15.2. The molecule has 20 heavy (non-hydrogen) atoms. The zero-order valence-corrected chi connectivity index (χ0v) is 12.6. The second-order valence-electron chi connectivity index (χ2n) is 4.99. The first-order chi connectivity index (χ1) is 9.38. The van der Waals surface area contributed by atoms with Crippen molar-refractivity contribution in [1.82, 2.24) is 0 Å². The van der Waals surface area contributed by atoms with E-state index in [2.05, 4.69) is 19.2 Å². The molecule has 1 atom stereocenters. The second kappa shape index (κ2) is 7.77. The number of benzene rings is 1. The first kappa shape index (κ1) is 17.2. The molecular weight excluding hydrogens is 287 g/mol. The van der Waals surface area contributed by atoms with Gasteiger partial charge >= 0.3 is 6.18 Å². The van der Waals surface area contributed by atoms with Crippen molar-refractivity contribution in [1.29, 1.82) is 0 Å². The summed E-state index contributed by atoms with van der Waals surface area (Å²) in [4.78, 5) is 0. The lowest BCUT2D eigenvalue weighted by atomic mass is 9.99. The van der Waals surface area contributed by atoms with Crippen LogP contribution < -0.4 is 5.32 Å². The fourth-order valence-electron chi connectivity index (χ4n) is 2.03. The van der Waals surface area contributed by atoms with Gasteiger partial charge in [-0.3, -0.25) is 0 Å². The predicted octanol–water partition coefficient (Wildman–Crippen LogP) is 5.99. The van der Waals surface area contributed by atoms with Gasteiger partial charge in [0.15, 0.2) is 0 Å². The molecule has 0 aliphatic carbocycles. The average molecular weight is 308 g/mol. The topological polar surface area (TPSA) is 12.0 Å².